The topological polar surface area (TPSA) is 150 Å². The van der Waals surface area contributed by atoms with Crippen molar-refractivity contribution >= 4 is 23.6 Å². The highest BCUT2D eigenvalue weighted by Crippen LogP contribution is 2.33. The van der Waals surface area contributed by atoms with Crippen LogP contribution in [0.25, 0.3) is 0 Å². The maximum absolute atomic E-state index is 13.5. The molecule has 4 atom stereocenters. The molecular formula is C31H42N6O4. The van der Waals surface area contributed by atoms with Gasteiger partial charge in [-0.1, -0.05) is 42.5 Å². The Labute approximate surface area is 241 Å². The van der Waals surface area contributed by atoms with E-state index in [0.29, 0.717) is 31.5 Å². The molecule has 0 radical (unpaired) electrons. The lowest BCUT2D eigenvalue weighted by atomic mass is 10.0. The van der Waals surface area contributed by atoms with Gasteiger partial charge in [0.15, 0.2) is 0 Å². The van der Waals surface area contributed by atoms with Crippen molar-refractivity contribution in [2.24, 2.45) is 11.7 Å². The first kappa shape index (κ1) is 30.0. The zero-order valence-electron chi connectivity index (χ0n) is 24.1. The highest BCUT2D eigenvalue weighted by molar-refractivity contribution is 5.95. The van der Waals surface area contributed by atoms with Crippen molar-refractivity contribution in [2.75, 3.05) is 20.1 Å². The summed E-state index contributed by atoms with van der Waals surface area (Å²) in [6.45, 7) is 4.58. The van der Waals surface area contributed by atoms with Gasteiger partial charge in [-0.25, -0.2) is 0 Å². The monoisotopic (exact) mass is 562 g/mol. The highest BCUT2D eigenvalue weighted by atomic mass is 16.5. The molecule has 220 valence electrons. The van der Waals surface area contributed by atoms with Crippen molar-refractivity contribution in [3.8, 4) is 5.75 Å². The number of carbonyl (C=O) groups is 3. The van der Waals surface area contributed by atoms with Crippen molar-refractivity contribution < 1.29 is 19.1 Å². The molecule has 10 nitrogen and oxygen atoms in total. The Morgan fingerprint density at radius 3 is 2.44 bits per heavy atom. The molecule has 0 unspecified atom stereocenters. The number of nitrogens with one attached hydrogen (secondary N) is 4. The molecular weight excluding hydrogens is 520 g/mol. The number of rotatable bonds is 4. The first-order chi connectivity index (χ1) is 19.6. The zero-order chi connectivity index (χ0) is 29.5. The van der Waals surface area contributed by atoms with Crippen LogP contribution in [0.3, 0.4) is 0 Å². The van der Waals surface area contributed by atoms with E-state index in [2.05, 4.69) is 16.0 Å². The molecule has 1 fully saturated rings. The molecule has 2 aromatic rings. The average molecular weight is 563 g/mol. The number of amidine groups is 1. The van der Waals surface area contributed by atoms with Gasteiger partial charge in [-0.2, -0.15) is 0 Å². The van der Waals surface area contributed by atoms with E-state index in [1.165, 1.54) is 4.90 Å². The summed E-state index contributed by atoms with van der Waals surface area (Å²) in [7, 11) is 1.63. The number of nitrogens with zero attached hydrogens (tertiary/aromatic N) is 1. The predicted octanol–water partition coefficient (Wildman–Crippen LogP) is 1.74. The van der Waals surface area contributed by atoms with Gasteiger partial charge in [-0.15, -0.1) is 0 Å². The van der Waals surface area contributed by atoms with Crippen LogP contribution in [0.1, 0.15) is 49.8 Å². The number of carbonyl (C=O) groups excluding carboxylic acids is 3. The van der Waals surface area contributed by atoms with Crippen molar-refractivity contribution in [3.63, 3.8) is 0 Å². The molecule has 0 spiro atoms. The van der Waals surface area contributed by atoms with Gasteiger partial charge in [0, 0.05) is 32.1 Å². The van der Waals surface area contributed by atoms with Gasteiger partial charge in [0.25, 0.3) is 0 Å². The van der Waals surface area contributed by atoms with Gasteiger partial charge in [0.05, 0.1) is 6.04 Å². The van der Waals surface area contributed by atoms with E-state index < -0.39 is 24.0 Å². The van der Waals surface area contributed by atoms with Crippen LogP contribution in [0.5, 0.6) is 5.75 Å². The number of ether oxygens (including phenoxy) is 1. The van der Waals surface area contributed by atoms with Crippen LogP contribution < -0.4 is 26.4 Å². The van der Waals surface area contributed by atoms with Gasteiger partial charge in [0.2, 0.25) is 17.7 Å². The van der Waals surface area contributed by atoms with Crippen LogP contribution in [0.15, 0.2) is 48.5 Å². The number of benzene rings is 2. The molecule has 0 aromatic heterocycles. The molecule has 6 N–H and O–H groups in total. The average Bonchev–Trinajstić information content (AvgIpc) is 3.80. The maximum atomic E-state index is 13.5. The van der Waals surface area contributed by atoms with E-state index in [9.17, 15) is 14.4 Å². The van der Waals surface area contributed by atoms with E-state index in [-0.39, 0.29) is 36.1 Å². The molecule has 2 aliphatic rings. The summed E-state index contributed by atoms with van der Waals surface area (Å²) in [5.41, 5.74) is 8.02. The number of likely N-dealkylation sites (N-methyl/N-ethyl adjacent to an activating group) is 1. The van der Waals surface area contributed by atoms with Crippen LogP contribution in [0.4, 0.5) is 0 Å². The minimum absolute atomic E-state index is 0.0410. The highest BCUT2D eigenvalue weighted by Gasteiger charge is 2.39. The summed E-state index contributed by atoms with van der Waals surface area (Å²) in [6.07, 6.45) is 3.41. The number of fused-ring (bicyclic) bond motifs is 1. The van der Waals surface area contributed by atoms with Crippen LogP contribution in [-0.2, 0) is 27.2 Å². The SMILES string of the molecule is C[C@@H]1CN[C@@H](C2CC2)C(=O)N(C)[C@H](C)C(=O)N[C@H](Cc2ccc(C(=N)N)cc2)C(=O)NCCCc2ccccc2O1. The number of hydrogen-bond acceptors (Lipinski definition) is 6. The number of amides is 3. The number of hydrogen-bond donors (Lipinski definition) is 5. The third-order valence-electron chi connectivity index (χ3n) is 7.85. The van der Waals surface area contributed by atoms with Crippen LogP contribution in [-0.4, -0.2) is 72.8 Å². The molecule has 1 heterocycles. The summed E-state index contributed by atoms with van der Waals surface area (Å²) in [5.74, 6) is 0.135. The number of para-hydroxylation sites is 1. The van der Waals surface area contributed by atoms with Crippen LogP contribution in [0.2, 0.25) is 0 Å². The van der Waals surface area contributed by atoms with E-state index in [1.807, 2.05) is 31.2 Å². The molecule has 2 aromatic carbocycles. The molecule has 41 heavy (non-hydrogen) atoms. The van der Waals surface area contributed by atoms with Gasteiger partial charge in [-0.05, 0) is 62.6 Å². The van der Waals surface area contributed by atoms with E-state index in [0.717, 1.165) is 29.7 Å². The number of nitrogens with two attached hydrogens (primary N) is 1. The molecule has 1 aliphatic heterocycles. The lowest BCUT2D eigenvalue weighted by molar-refractivity contribution is -0.141. The van der Waals surface area contributed by atoms with E-state index >= 15 is 0 Å². The second kappa shape index (κ2) is 13.6. The lowest BCUT2D eigenvalue weighted by Crippen LogP contribution is -2.57. The van der Waals surface area contributed by atoms with Crippen molar-refractivity contribution in [1.29, 1.82) is 5.41 Å². The normalized spacial score (nSPS) is 25.1. The second-order valence-corrected chi connectivity index (χ2v) is 11.2. The lowest BCUT2D eigenvalue weighted by Gasteiger charge is -2.31. The molecule has 1 saturated carbocycles. The van der Waals surface area contributed by atoms with E-state index in [4.69, 9.17) is 15.9 Å². The summed E-state index contributed by atoms with van der Waals surface area (Å²) < 4.78 is 6.26. The van der Waals surface area contributed by atoms with E-state index in [1.54, 1.807) is 38.2 Å². The third kappa shape index (κ3) is 8.07. The third-order valence-corrected chi connectivity index (χ3v) is 7.85. The predicted molar refractivity (Wildman–Crippen MR) is 158 cm³/mol. The fourth-order valence-electron chi connectivity index (χ4n) is 5.02. The molecule has 4 rings (SSSR count). The van der Waals surface area contributed by atoms with Crippen molar-refractivity contribution in [2.45, 2.75) is 70.2 Å². The van der Waals surface area contributed by atoms with Gasteiger partial charge < -0.3 is 31.3 Å². The summed E-state index contributed by atoms with van der Waals surface area (Å²) in [4.78, 5) is 41.7. The largest absolute Gasteiger partial charge is 0.489 e. The molecule has 0 saturated heterocycles. The quantitative estimate of drug-likeness (QED) is 0.283. The van der Waals surface area contributed by atoms with Gasteiger partial charge in [-0.3, -0.25) is 19.8 Å². The summed E-state index contributed by atoms with van der Waals surface area (Å²) >= 11 is 0. The Kier molecular flexibility index (Phi) is 9.99. The summed E-state index contributed by atoms with van der Waals surface area (Å²) in [5, 5.41) is 16.9. The smallest absolute Gasteiger partial charge is 0.243 e. The molecule has 1 aliphatic carbocycles. The minimum atomic E-state index is -0.843. The first-order valence-electron chi connectivity index (χ1n) is 14.4. The molecule has 10 heteroatoms. The second-order valence-electron chi connectivity index (χ2n) is 11.2. The minimum Gasteiger partial charge on any atom is -0.489 e. The Balaban J connectivity index is 1.56. The maximum Gasteiger partial charge on any atom is 0.243 e. The Hall–Kier alpha value is -3.92. The van der Waals surface area contributed by atoms with Crippen molar-refractivity contribution in [1.82, 2.24) is 20.9 Å². The fraction of sp³-hybridized carbons (Fsp3) is 0.484. The summed E-state index contributed by atoms with van der Waals surface area (Å²) in [6, 6.07) is 12.9. The Bertz CT molecular complexity index is 1250. The molecule has 0 bridgehead atoms. The zero-order valence-corrected chi connectivity index (χ0v) is 24.1. The fourth-order valence-corrected chi connectivity index (χ4v) is 5.02. The van der Waals surface area contributed by atoms with Crippen LogP contribution in [0, 0.1) is 11.3 Å². The number of aryl methyl sites for hydroxylation is 1. The number of nitrogen functional groups attached to an aromatic ring is 1. The Morgan fingerprint density at radius 1 is 1.05 bits per heavy atom. The van der Waals surface area contributed by atoms with Gasteiger partial charge >= 0.3 is 0 Å². The van der Waals surface area contributed by atoms with Crippen LogP contribution >= 0.6 is 0 Å². The Morgan fingerprint density at radius 2 is 1.76 bits per heavy atom. The standard InChI is InChI=1S/C31H42N6O4/c1-19-18-35-27(23-14-15-23)31(40)37(3)20(2)29(38)36-25(17-21-10-12-24(13-11-21)28(32)33)30(39)34-16-6-8-22-7-4-5-9-26(22)41-19/h4-5,7,9-13,19-20,23,25,27,35H,6,8,14-18H2,1-3H3,(H3,32,33)(H,34,39)(H,36,38)/t19-,20-,25-,27+/m1/s1. The first-order valence-corrected chi connectivity index (χ1v) is 14.4. The molecule has 3 amide bonds. The van der Waals surface area contributed by atoms with Crippen molar-refractivity contribution in [3.05, 3.63) is 65.2 Å². The van der Waals surface area contributed by atoms with Gasteiger partial charge in [0.1, 0.15) is 29.8 Å².